The van der Waals surface area contributed by atoms with Crippen molar-refractivity contribution in [1.29, 1.82) is 0 Å². The van der Waals surface area contributed by atoms with Crippen LogP contribution in [0, 0.1) is 5.82 Å². The number of likely N-dealkylation sites (tertiary alicyclic amines) is 1. The van der Waals surface area contributed by atoms with E-state index in [0.29, 0.717) is 5.39 Å². The number of benzene rings is 1. The Morgan fingerprint density at radius 1 is 1.11 bits per heavy atom. The molecule has 0 atom stereocenters. The van der Waals surface area contributed by atoms with Gasteiger partial charge in [-0.1, -0.05) is 18.9 Å². The van der Waals surface area contributed by atoms with Crippen molar-refractivity contribution in [3.63, 3.8) is 0 Å². The van der Waals surface area contributed by atoms with Crippen molar-refractivity contribution in [3.8, 4) is 0 Å². The quantitative estimate of drug-likeness (QED) is 0.856. The highest BCUT2D eigenvalue weighted by Crippen LogP contribution is 2.20. The Kier molecular flexibility index (Phi) is 3.33. The number of nitrogens with zero attached hydrogens (tertiary/aromatic N) is 1. The number of H-pyrrole nitrogens is 1. The molecule has 96 valence electrons. The molecule has 3 rings (SSSR count). The van der Waals surface area contributed by atoms with Crippen molar-refractivity contribution in [3.05, 3.63) is 35.8 Å². The maximum atomic E-state index is 13.6. The summed E-state index contributed by atoms with van der Waals surface area (Å²) >= 11 is 0. The molecule has 0 unspecified atom stereocenters. The first-order valence-electron chi connectivity index (χ1n) is 6.81. The number of hydrogen-bond acceptors (Lipinski definition) is 1. The van der Waals surface area contributed by atoms with Crippen LogP contribution in [0.3, 0.4) is 0 Å². The van der Waals surface area contributed by atoms with Crippen LogP contribution in [0.5, 0.6) is 0 Å². The second-order valence-corrected chi connectivity index (χ2v) is 5.19. The van der Waals surface area contributed by atoms with Crippen molar-refractivity contribution in [1.82, 2.24) is 9.88 Å². The van der Waals surface area contributed by atoms with Crippen LogP contribution in [0.25, 0.3) is 10.9 Å². The van der Waals surface area contributed by atoms with E-state index < -0.39 is 0 Å². The zero-order valence-corrected chi connectivity index (χ0v) is 10.6. The average Bonchev–Trinajstić information content (AvgIpc) is 2.60. The molecule has 1 aromatic carbocycles. The third-order valence-electron chi connectivity index (χ3n) is 3.76. The summed E-state index contributed by atoms with van der Waals surface area (Å²) in [6.45, 7) is 3.24. The SMILES string of the molecule is Fc1cccc2[nH]c(CN3CCCCCC3)cc12. The standard InChI is InChI=1S/C15H19FN2/c16-14-6-5-7-15-13(14)10-12(17-15)11-18-8-3-1-2-4-9-18/h5-7,10,17H,1-4,8-9,11H2. The lowest BCUT2D eigenvalue weighted by molar-refractivity contribution is 0.274. The molecule has 0 amide bonds. The van der Waals surface area contributed by atoms with E-state index in [0.717, 1.165) is 30.8 Å². The van der Waals surface area contributed by atoms with Gasteiger partial charge in [-0.3, -0.25) is 4.90 Å². The van der Waals surface area contributed by atoms with Gasteiger partial charge < -0.3 is 4.98 Å². The van der Waals surface area contributed by atoms with Gasteiger partial charge in [-0.25, -0.2) is 4.39 Å². The maximum Gasteiger partial charge on any atom is 0.132 e. The molecule has 2 heterocycles. The number of aromatic nitrogens is 1. The Labute approximate surface area is 107 Å². The molecule has 1 aliphatic rings. The molecule has 3 heteroatoms. The number of aromatic amines is 1. The summed E-state index contributed by atoms with van der Waals surface area (Å²) in [6, 6.07) is 7.16. The molecule has 1 saturated heterocycles. The van der Waals surface area contributed by atoms with E-state index in [2.05, 4.69) is 9.88 Å². The molecule has 18 heavy (non-hydrogen) atoms. The minimum absolute atomic E-state index is 0.133. The van der Waals surface area contributed by atoms with Crippen LogP contribution in [0.4, 0.5) is 4.39 Å². The monoisotopic (exact) mass is 246 g/mol. The summed E-state index contributed by atoms with van der Waals surface area (Å²) in [6.07, 6.45) is 5.26. The first-order chi connectivity index (χ1) is 8.83. The van der Waals surface area contributed by atoms with Gasteiger partial charge in [-0.2, -0.15) is 0 Å². The Hall–Kier alpha value is -1.35. The highest BCUT2D eigenvalue weighted by molar-refractivity contribution is 5.80. The molecule has 0 radical (unpaired) electrons. The largest absolute Gasteiger partial charge is 0.357 e. The fraction of sp³-hybridized carbons (Fsp3) is 0.467. The fourth-order valence-electron chi connectivity index (χ4n) is 2.80. The van der Waals surface area contributed by atoms with Crippen LogP contribution >= 0.6 is 0 Å². The molecule has 1 N–H and O–H groups in total. The summed E-state index contributed by atoms with van der Waals surface area (Å²) in [5.74, 6) is -0.133. The van der Waals surface area contributed by atoms with Crippen LogP contribution < -0.4 is 0 Å². The van der Waals surface area contributed by atoms with Crippen molar-refractivity contribution in [2.24, 2.45) is 0 Å². The third-order valence-corrected chi connectivity index (χ3v) is 3.76. The predicted molar refractivity (Wildman–Crippen MR) is 72.0 cm³/mol. The van der Waals surface area contributed by atoms with E-state index in [9.17, 15) is 4.39 Å². The third kappa shape index (κ3) is 2.41. The second kappa shape index (κ2) is 5.11. The second-order valence-electron chi connectivity index (χ2n) is 5.19. The Balaban J connectivity index is 1.79. The molecule has 2 aromatic rings. The Bertz CT molecular complexity index is 524. The van der Waals surface area contributed by atoms with E-state index in [-0.39, 0.29) is 5.82 Å². The molecule has 0 spiro atoms. The smallest absolute Gasteiger partial charge is 0.132 e. The normalized spacial score (nSPS) is 18.1. The van der Waals surface area contributed by atoms with Gasteiger partial charge in [-0.05, 0) is 44.1 Å². The van der Waals surface area contributed by atoms with Gasteiger partial charge in [0.1, 0.15) is 5.82 Å². The van der Waals surface area contributed by atoms with Gasteiger partial charge in [0.15, 0.2) is 0 Å². The number of rotatable bonds is 2. The average molecular weight is 246 g/mol. The van der Waals surface area contributed by atoms with Gasteiger partial charge in [0.2, 0.25) is 0 Å². The predicted octanol–water partition coefficient (Wildman–Crippen LogP) is 3.68. The van der Waals surface area contributed by atoms with Crippen molar-refractivity contribution < 1.29 is 4.39 Å². The Morgan fingerprint density at radius 3 is 2.61 bits per heavy atom. The molecular formula is C15H19FN2. The Morgan fingerprint density at radius 2 is 1.89 bits per heavy atom. The number of hydrogen-bond donors (Lipinski definition) is 1. The fourth-order valence-corrected chi connectivity index (χ4v) is 2.80. The topological polar surface area (TPSA) is 19.0 Å². The van der Waals surface area contributed by atoms with E-state index in [4.69, 9.17) is 0 Å². The van der Waals surface area contributed by atoms with Crippen molar-refractivity contribution >= 4 is 10.9 Å². The molecule has 0 saturated carbocycles. The first kappa shape index (κ1) is 11.7. The van der Waals surface area contributed by atoms with E-state index in [1.165, 1.54) is 31.7 Å². The highest BCUT2D eigenvalue weighted by Gasteiger charge is 2.11. The summed E-state index contributed by atoms with van der Waals surface area (Å²) in [5.41, 5.74) is 2.02. The van der Waals surface area contributed by atoms with Gasteiger partial charge in [0.05, 0.1) is 0 Å². The van der Waals surface area contributed by atoms with Crippen molar-refractivity contribution in [2.75, 3.05) is 13.1 Å². The van der Waals surface area contributed by atoms with Crippen LogP contribution in [0.2, 0.25) is 0 Å². The maximum absolute atomic E-state index is 13.6. The lowest BCUT2D eigenvalue weighted by atomic mass is 10.2. The molecule has 1 fully saturated rings. The van der Waals surface area contributed by atoms with E-state index in [1.54, 1.807) is 6.07 Å². The van der Waals surface area contributed by atoms with Crippen LogP contribution in [-0.2, 0) is 6.54 Å². The number of halogens is 1. The number of fused-ring (bicyclic) bond motifs is 1. The molecule has 1 aliphatic heterocycles. The zero-order chi connectivity index (χ0) is 12.4. The van der Waals surface area contributed by atoms with Gasteiger partial charge in [0.25, 0.3) is 0 Å². The highest BCUT2D eigenvalue weighted by atomic mass is 19.1. The summed E-state index contributed by atoms with van der Waals surface area (Å²) < 4.78 is 13.6. The van der Waals surface area contributed by atoms with E-state index >= 15 is 0 Å². The molecule has 1 aromatic heterocycles. The molecule has 0 bridgehead atoms. The van der Waals surface area contributed by atoms with Gasteiger partial charge in [0, 0.05) is 23.1 Å². The minimum atomic E-state index is -0.133. The molecule has 0 aliphatic carbocycles. The summed E-state index contributed by atoms with van der Waals surface area (Å²) in [5, 5.41) is 0.710. The van der Waals surface area contributed by atoms with Crippen LogP contribution in [0.15, 0.2) is 24.3 Å². The summed E-state index contributed by atoms with van der Waals surface area (Å²) in [4.78, 5) is 5.79. The van der Waals surface area contributed by atoms with Gasteiger partial charge in [-0.15, -0.1) is 0 Å². The molecular weight excluding hydrogens is 227 g/mol. The van der Waals surface area contributed by atoms with Gasteiger partial charge >= 0.3 is 0 Å². The number of nitrogens with one attached hydrogen (secondary N) is 1. The van der Waals surface area contributed by atoms with Crippen molar-refractivity contribution in [2.45, 2.75) is 32.2 Å². The molecule has 2 nitrogen and oxygen atoms in total. The minimum Gasteiger partial charge on any atom is -0.357 e. The summed E-state index contributed by atoms with van der Waals surface area (Å²) in [7, 11) is 0. The first-order valence-corrected chi connectivity index (χ1v) is 6.81. The van der Waals surface area contributed by atoms with Crippen LogP contribution in [-0.4, -0.2) is 23.0 Å². The van der Waals surface area contributed by atoms with E-state index in [1.807, 2.05) is 12.1 Å². The van der Waals surface area contributed by atoms with Crippen LogP contribution in [0.1, 0.15) is 31.4 Å². The zero-order valence-electron chi connectivity index (χ0n) is 10.6. The lowest BCUT2D eigenvalue weighted by Gasteiger charge is -2.18. The lowest BCUT2D eigenvalue weighted by Crippen LogP contribution is -2.24.